The molecule has 0 aromatic rings. The van der Waals surface area contributed by atoms with Crippen molar-refractivity contribution in [3.63, 3.8) is 0 Å². The summed E-state index contributed by atoms with van der Waals surface area (Å²) in [6, 6.07) is 0. The van der Waals surface area contributed by atoms with Gasteiger partial charge >= 0.3 is 12.1 Å². The number of carbonyl (C=O) groups excluding carboxylic acids is 1. The van der Waals surface area contributed by atoms with Gasteiger partial charge in [0, 0.05) is 52.6 Å². The number of ether oxygens (including phenoxy) is 1. The third-order valence-electron chi connectivity index (χ3n) is 0.231. The molecule has 0 spiro atoms. The van der Waals surface area contributed by atoms with Crippen LogP contribution in [0.3, 0.4) is 0 Å². The van der Waals surface area contributed by atoms with Crippen molar-refractivity contribution in [3.05, 3.63) is 0 Å². The van der Waals surface area contributed by atoms with Crippen LogP contribution in [0.15, 0.2) is 0 Å². The Morgan fingerprint density at radius 3 is 1.78 bits per heavy atom. The Morgan fingerprint density at radius 2 is 1.78 bits per heavy atom. The van der Waals surface area contributed by atoms with Crippen molar-refractivity contribution < 1.29 is 65.1 Å². The van der Waals surface area contributed by atoms with Crippen LogP contribution in [0.2, 0.25) is 0 Å². The van der Waals surface area contributed by atoms with Crippen molar-refractivity contribution >= 4 is 12.1 Å². The van der Waals surface area contributed by atoms with Gasteiger partial charge in [-0.05, 0) is 0 Å². The van der Waals surface area contributed by atoms with E-state index >= 15 is 0 Å². The second-order valence-corrected chi connectivity index (χ2v) is 0.860. The van der Waals surface area contributed by atoms with Crippen LogP contribution in [0.1, 0.15) is 6.92 Å². The van der Waals surface area contributed by atoms with Crippen LogP contribution >= 0.6 is 0 Å². The van der Waals surface area contributed by atoms with E-state index in [4.69, 9.17) is 5.11 Å². The molecule has 1 N–H and O–H groups in total. The van der Waals surface area contributed by atoms with Gasteiger partial charge in [0.2, 0.25) is 0 Å². The molecule has 0 atom stereocenters. The van der Waals surface area contributed by atoms with Gasteiger partial charge in [0.05, 0.1) is 0 Å². The predicted octanol–water partition coefficient (Wildman–Crippen LogP) is 0.223. The molecule has 0 aromatic carbocycles. The fourth-order valence-electron chi connectivity index (χ4n) is 0.123. The average Bonchev–Trinajstić information content (AvgIpc) is 1.27. The fourth-order valence-corrected chi connectivity index (χ4v) is 0.123. The van der Waals surface area contributed by atoms with Crippen molar-refractivity contribution in [1.82, 2.24) is 0 Å². The molecule has 0 aliphatic heterocycles. The van der Waals surface area contributed by atoms with Gasteiger partial charge in [-0.25, -0.2) is 4.79 Å². The van der Waals surface area contributed by atoms with Crippen LogP contribution in [0.25, 0.3) is 0 Å². The molecular formula is C3H4O4ZnZr. The zero-order valence-electron chi connectivity index (χ0n) is 4.88. The Kier molecular flexibility index (Phi) is 15.2. The third-order valence-corrected chi connectivity index (χ3v) is 0.231. The molecule has 0 aromatic heterocycles. The Labute approximate surface area is 83.8 Å². The molecule has 0 heterocycles. The second kappa shape index (κ2) is 8.45. The molecule has 0 radical (unpaired) electrons. The largest absolute Gasteiger partial charge is 0.513 e. The molecule has 0 aliphatic rings. The molecular weight excluding hydrogens is 257 g/mol. The summed E-state index contributed by atoms with van der Waals surface area (Å²) in [6.45, 7) is 1.02. The summed E-state index contributed by atoms with van der Waals surface area (Å²) in [4.78, 5) is 19.0. The van der Waals surface area contributed by atoms with Gasteiger partial charge in [-0.1, -0.05) is 0 Å². The first-order valence-corrected chi connectivity index (χ1v) is 1.54. The van der Waals surface area contributed by atoms with Crippen LogP contribution < -0.4 is 0 Å². The zero-order chi connectivity index (χ0) is 5.86. The van der Waals surface area contributed by atoms with Crippen LogP contribution in [0.4, 0.5) is 4.79 Å². The van der Waals surface area contributed by atoms with Crippen molar-refractivity contribution in [2.24, 2.45) is 0 Å². The minimum atomic E-state index is -1.56. The molecule has 0 amide bonds. The quantitative estimate of drug-likeness (QED) is 0.385. The number of carbonyl (C=O) groups is 2. The minimum Gasteiger partial charge on any atom is -0.449 e. The first kappa shape index (κ1) is 16.2. The Hall–Kier alpha value is 0.446. The van der Waals surface area contributed by atoms with E-state index in [9.17, 15) is 9.59 Å². The number of carboxylic acid groups (broad SMARTS) is 1. The van der Waals surface area contributed by atoms with Gasteiger partial charge in [0.15, 0.2) is 0 Å². The first-order valence-electron chi connectivity index (χ1n) is 1.54. The van der Waals surface area contributed by atoms with E-state index in [1.165, 1.54) is 0 Å². The van der Waals surface area contributed by atoms with E-state index < -0.39 is 12.1 Å². The standard InChI is InChI=1S/C3H4O4.Zn.Zr/c1-2(4)7-3(5)6;;/h1H3,(H,5,6);;. The molecule has 0 aliphatic carbocycles. The molecule has 0 saturated heterocycles. The zero-order valence-corrected chi connectivity index (χ0v) is 10.3. The molecule has 0 rings (SSSR count). The predicted molar refractivity (Wildman–Crippen MR) is 19.8 cm³/mol. The van der Waals surface area contributed by atoms with Crippen molar-refractivity contribution in [1.29, 1.82) is 0 Å². The minimum absolute atomic E-state index is 0. The van der Waals surface area contributed by atoms with Gasteiger partial charge in [0.25, 0.3) is 0 Å². The maximum Gasteiger partial charge on any atom is 0.513 e. The summed E-state index contributed by atoms with van der Waals surface area (Å²) >= 11 is 0. The van der Waals surface area contributed by atoms with Gasteiger partial charge in [-0.15, -0.1) is 0 Å². The van der Waals surface area contributed by atoms with Gasteiger partial charge < -0.3 is 9.84 Å². The van der Waals surface area contributed by atoms with Crippen LogP contribution in [0.5, 0.6) is 0 Å². The van der Waals surface area contributed by atoms with Gasteiger partial charge in [-0.2, -0.15) is 0 Å². The molecule has 6 heteroatoms. The van der Waals surface area contributed by atoms with Crippen molar-refractivity contribution in [2.45, 2.75) is 6.92 Å². The van der Waals surface area contributed by atoms with Gasteiger partial charge in [-0.3, -0.25) is 4.79 Å². The smallest absolute Gasteiger partial charge is 0.449 e. The van der Waals surface area contributed by atoms with E-state index in [1.54, 1.807) is 0 Å². The Balaban J connectivity index is -0.000000180. The summed E-state index contributed by atoms with van der Waals surface area (Å²) in [6.07, 6.45) is -1.56. The maximum atomic E-state index is 9.65. The van der Waals surface area contributed by atoms with E-state index in [0.717, 1.165) is 6.92 Å². The SMILES string of the molecule is CC(=O)OC(=O)O.[Zn].[Zr]. The summed E-state index contributed by atoms with van der Waals surface area (Å²) < 4.78 is 3.53. The van der Waals surface area contributed by atoms with Crippen molar-refractivity contribution in [3.8, 4) is 0 Å². The number of hydrogen-bond acceptors (Lipinski definition) is 3. The maximum absolute atomic E-state index is 9.65. The fraction of sp³-hybridized carbons (Fsp3) is 0.333. The van der Waals surface area contributed by atoms with Gasteiger partial charge in [0.1, 0.15) is 0 Å². The van der Waals surface area contributed by atoms with Crippen LogP contribution in [-0.4, -0.2) is 17.2 Å². The number of rotatable bonds is 0. The van der Waals surface area contributed by atoms with Crippen LogP contribution in [0, 0.1) is 0 Å². The Morgan fingerprint density at radius 1 is 1.44 bits per heavy atom. The molecule has 0 saturated carbocycles. The summed E-state index contributed by atoms with van der Waals surface area (Å²) in [5.74, 6) is -0.812. The normalized spacial score (nSPS) is 5.89. The number of esters is 1. The molecule has 4 nitrogen and oxygen atoms in total. The molecule has 0 unspecified atom stereocenters. The van der Waals surface area contributed by atoms with Crippen LogP contribution in [-0.2, 0) is 55.2 Å². The molecule has 0 bridgehead atoms. The average molecular weight is 261 g/mol. The Bertz CT molecular complexity index is 92.0. The summed E-state index contributed by atoms with van der Waals surface area (Å²) in [5.41, 5.74) is 0. The van der Waals surface area contributed by atoms with E-state index in [2.05, 4.69) is 4.74 Å². The molecule has 9 heavy (non-hydrogen) atoms. The second-order valence-electron chi connectivity index (χ2n) is 0.860. The first-order chi connectivity index (χ1) is 3.13. The summed E-state index contributed by atoms with van der Waals surface area (Å²) in [5, 5.41) is 7.64. The topological polar surface area (TPSA) is 63.6 Å². The molecule has 46 valence electrons. The van der Waals surface area contributed by atoms with E-state index in [1.807, 2.05) is 0 Å². The summed E-state index contributed by atoms with van der Waals surface area (Å²) in [7, 11) is 0. The van der Waals surface area contributed by atoms with E-state index in [0.29, 0.717) is 0 Å². The third kappa shape index (κ3) is 17.8. The van der Waals surface area contributed by atoms with E-state index in [-0.39, 0.29) is 45.7 Å². The molecule has 0 fully saturated rings. The number of hydrogen-bond donors (Lipinski definition) is 1. The van der Waals surface area contributed by atoms with Crippen molar-refractivity contribution in [2.75, 3.05) is 0 Å². The monoisotopic (exact) mass is 258 g/mol.